The summed E-state index contributed by atoms with van der Waals surface area (Å²) in [6.07, 6.45) is 0. The van der Waals surface area contributed by atoms with Crippen molar-refractivity contribution in [2.24, 2.45) is 0 Å². The van der Waals surface area contributed by atoms with Gasteiger partial charge in [-0.2, -0.15) is 8.42 Å². The monoisotopic (exact) mass is 278 g/mol. The van der Waals surface area contributed by atoms with Gasteiger partial charge >= 0.3 is 10.1 Å². The maximum absolute atomic E-state index is 11.9. The molecule has 0 spiro atoms. The van der Waals surface area contributed by atoms with E-state index in [0.29, 0.717) is 11.4 Å². The number of benzene rings is 2. The number of hydrogen-bond acceptors (Lipinski definition) is 5. The Labute approximate surface area is 112 Å². The molecular formula is C13H14N2O3S. The molecule has 0 atom stereocenters. The topological polar surface area (TPSA) is 81.4 Å². The van der Waals surface area contributed by atoms with Crippen LogP contribution in [-0.2, 0) is 14.4 Å². The summed E-state index contributed by atoms with van der Waals surface area (Å²) in [7, 11) is -3.84. The van der Waals surface area contributed by atoms with Crippen molar-refractivity contribution in [3.63, 3.8) is 0 Å². The Morgan fingerprint density at radius 3 is 2.47 bits per heavy atom. The normalized spacial score (nSPS) is 11.2. The molecule has 3 N–H and O–H groups in total. The van der Waals surface area contributed by atoms with E-state index in [9.17, 15) is 8.42 Å². The molecule has 2 rings (SSSR count). The molecule has 0 aliphatic carbocycles. The molecule has 0 heterocycles. The average molecular weight is 278 g/mol. The summed E-state index contributed by atoms with van der Waals surface area (Å²) < 4.78 is 28.6. The van der Waals surface area contributed by atoms with E-state index in [4.69, 9.17) is 10.0 Å². The van der Waals surface area contributed by atoms with Crippen LogP contribution in [0.2, 0.25) is 0 Å². The van der Waals surface area contributed by atoms with Gasteiger partial charge in [-0.25, -0.2) is 5.48 Å². The first-order valence-electron chi connectivity index (χ1n) is 5.60. The lowest BCUT2D eigenvalue weighted by Crippen LogP contribution is -2.12. The predicted molar refractivity (Wildman–Crippen MR) is 73.9 cm³/mol. The van der Waals surface area contributed by atoms with Gasteiger partial charge in [0.1, 0.15) is 0 Å². The van der Waals surface area contributed by atoms with Crippen LogP contribution in [-0.4, -0.2) is 8.42 Å². The summed E-state index contributed by atoms with van der Waals surface area (Å²) in [5.41, 5.74) is 9.92. The Morgan fingerprint density at radius 1 is 1.11 bits per heavy atom. The number of nitrogen functional groups attached to an aromatic ring is 1. The molecule has 0 bridgehead atoms. The van der Waals surface area contributed by atoms with Gasteiger partial charge < -0.3 is 5.73 Å². The fourth-order valence-corrected chi connectivity index (χ4v) is 2.27. The van der Waals surface area contributed by atoms with Crippen molar-refractivity contribution in [3.05, 3.63) is 54.1 Å². The van der Waals surface area contributed by atoms with E-state index in [2.05, 4.69) is 5.48 Å². The van der Waals surface area contributed by atoms with Crippen LogP contribution in [0.4, 0.5) is 11.4 Å². The lowest BCUT2D eigenvalue weighted by atomic mass is 10.2. The van der Waals surface area contributed by atoms with E-state index >= 15 is 0 Å². The predicted octanol–water partition coefficient (Wildman–Crippen LogP) is 2.31. The van der Waals surface area contributed by atoms with E-state index in [1.807, 2.05) is 6.92 Å². The van der Waals surface area contributed by atoms with Gasteiger partial charge in [0.15, 0.2) is 0 Å². The van der Waals surface area contributed by atoms with E-state index in [-0.39, 0.29) is 4.90 Å². The van der Waals surface area contributed by atoms with Crippen LogP contribution < -0.4 is 11.2 Å². The summed E-state index contributed by atoms with van der Waals surface area (Å²) >= 11 is 0. The molecule has 0 aliphatic heterocycles. The van der Waals surface area contributed by atoms with E-state index in [1.54, 1.807) is 36.4 Å². The lowest BCUT2D eigenvalue weighted by Gasteiger charge is -2.10. The quantitative estimate of drug-likeness (QED) is 0.662. The highest BCUT2D eigenvalue weighted by Gasteiger charge is 2.15. The van der Waals surface area contributed by atoms with Crippen LogP contribution in [0, 0.1) is 6.92 Å². The van der Waals surface area contributed by atoms with Gasteiger partial charge in [-0.1, -0.05) is 24.3 Å². The lowest BCUT2D eigenvalue weighted by molar-refractivity contribution is 0.390. The van der Waals surface area contributed by atoms with Gasteiger partial charge in [0.25, 0.3) is 0 Å². The number of nitrogens with two attached hydrogens (primary N) is 1. The summed E-state index contributed by atoms with van der Waals surface area (Å²) in [5.74, 6) is 0. The molecule has 2 aromatic carbocycles. The SMILES string of the molecule is Cc1ccc(N)cc1NOS(=O)(=O)c1ccccc1. The minimum Gasteiger partial charge on any atom is -0.399 e. The Morgan fingerprint density at radius 2 is 1.79 bits per heavy atom. The molecule has 100 valence electrons. The molecule has 19 heavy (non-hydrogen) atoms. The molecule has 0 aromatic heterocycles. The molecule has 0 aliphatic rings. The first kappa shape index (κ1) is 13.4. The largest absolute Gasteiger partial charge is 0.399 e. The fraction of sp³-hybridized carbons (Fsp3) is 0.0769. The molecule has 0 fully saturated rings. The molecular weight excluding hydrogens is 264 g/mol. The van der Waals surface area contributed by atoms with E-state index in [0.717, 1.165) is 5.56 Å². The van der Waals surface area contributed by atoms with Gasteiger partial charge in [0.2, 0.25) is 0 Å². The van der Waals surface area contributed by atoms with Gasteiger partial charge in [0.05, 0.1) is 10.6 Å². The maximum Gasteiger partial charge on any atom is 0.317 e. The fourth-order valence-electron chi connectivity index (χ4n) is 1.48. The van der Waals surface area contributed by atoms with Gasteiger partial charge in [0, 0.05) is 5.69 Å². The Balaban J connectivity index is 2.17. The Kier molecular flexibility index (Phi) is 3.73. The van der Waals surface area contributed by atoms with Crippen molar-refractivity contribution >= 4 is 21.5 Å². The van der Waals surface area contributed by atoms with Crippen molar-refractivity contribution in [1.29, 1.82) is 0 Å². The van der Waals surface area contributed by atoms with Crippen molar-refractivity contribution < 1.29 is 12.7 Å². The first-order chi connectivity index (χ1) is 8.99. The van der Waals surface area contributed by atoms with Crippen molar-refractivity contribution in [1.82, 2.24) is 0 Å². The number of rotatable bonds is 4. The summed E-state index contributed by atoms with van der Waals surface area (Å²) in [5, 5.41) is 0. The average Bonchev–Trinajstić information content (AvgIpc) is 2.41. The van der Waals surface area contributed by atoms with Crippen LogP contribution in [0.25, 0.3) is 0 Å². The Hall–Kier alpha value is -2.05. The first-order valence-corrected chi connectivity index (χ1v) is 7.00. The third kappa shape index (κ3) is 3.24. The summed E-state index contributed by atoms with van der Waals surface area (Å²) in [6.45, 7) is 1.82. The molecule has 2 aromatic rings. The zero-order valence-electron chi connectivity index (χ0n) is 10.3. The van der Waals surface area contributed by atoms with Crippen LogP contribution >= 0.6 is 0 Å². The zero-order chi connectivity index (χ0) is 13.9. The minimum absolute atomic E-state index is 0.0871. The number of aryl methyl sites for hydroxylation is 1. The highest BCUT2D eigenvalue weighted by molar-refractivity contribution is 7.86. The third-order valence-corrected chi connectivity index (χ3v) is 3.71. The number of anilines is 2. The molecule has 0 unspecified atom stereocenters. The van der Waals surface area contributed by atoms with E-state index < -0.39 is 10.1 Å². The molecule has 5 nitrogen and oxygen atoms in total. The highest BCUT2D eigenvalue weighted by atomic mass is 32.2. The molecule has 6 heteroatoms. The number of hydrogen-bond donors (Lipinski definition) is 2. The van der Waals surface area contributed by atoms with Crippen LogP contribution in [0.1, 0.15) is 5.56 Å². The number of nitrogens with one attached hydrogen (secondary N) is 1. The Bertz CT molecular complexity index is 670. The summed E-state index contributed by atoms with van der Waals surface area (Å²) in [6, 6.07) is 13.0. The van der Waals surface area contributed by atoms with Gasteiger partial charge in [-0.05, 0) is 36.8 Å². The van der Waals surface area contributed by atoms with E-state index in [1.165, 1.54) is 12.1 Å². The highest BCUT2D eigenvalue weighted by Crippen LogP contribution is 2.20. The van der Waals surface area contributed by atoms with Crippen LogP contribution in [0.5, 0.6) is 0 Å². The molecule has 0 saturated carbocycles. The van der Waals surface area contributed by atoms with Crippen LogP contribution in [0.3, 0.4) is 0 Å². The smallest absolute Gasteiger partial charge is 0.317 e. The molecule has 0 radical (unpaired) electrons. The minimum atomic E-state index is -3.84. The molecule has 0 amide bonds. The van der Waals surface area contributed by atoms with Crippen molar-refractivity contribution in [2.45, 2.75) is 11.8 Å². The second kappa shape index (κ2) is 5.29. The second-order valence-corrected chi connectivity index (χ2v) is 5.57. The van der Waals surface area contributed by atoms with Gasteiger partial charge in [-0.3, -0.25) is 0 Å². The standard InChI is InChI=1S/C13H14N2O3S/c1-10-7-8-11(14)9-13(10)15-18-19(16,17)12-5-3-2-4-6-12/h2-9,15H,14H2,1H3. The van der Waals surface area contributed by atoms with Crippen LogP contribution in [0.15, 0.2) is 53.4 Å². The third-order valence-electron chi connectivity index (χ3n) is 2.55. The van der Waals surface area contributed by atoms with Crippen molar-refractivity contribution in [3.8, 4) is 0 Å². The summed E-state index contributed by atoms with van der Waals surface area (Å²) in [4.78, 5) is 0.0871. The zero-order valence-corrected chi connectivity index (χ0v) is 11.1. The molecule has 0 saturated heterocycles. The van der Waals surface area contributed by atoms with Crippen molar-refractivity contribution in [2.75, 3.05) is 11.2 Å². The maximum atomic E-state index is 11.9. The second-order valence-electron chi connectivity index (χ2n) is 4.03. The van der Waals surface area contributed by atoms with Gasteiger partial charge in [-0.15, -0.1) is 4.28 Å².